The fourth-order valence-electron chi connectivity index (χ4n) is 1.11. The Morgan fingerprint density at radius 1 is 1.42 bits per heavy atom. The maximum absolute atomic E-state index is 5.72. The van der Waals surface area contributed by atoms with Crippen LogP contribution >= 0.6 is 0 Å². The van der Waals surface area contributed by atoms with Gasteiger partial charge in [0.05, 0.1) is 7.11 Å². The molecule has 0 aliphatic rings. The third-order valence-corrected chi connectivity index (χ3v) is 1.74. The van der Waals surface area contributed by atoms with Crippen molar-refractivity contribution in [3.63, 3.8) is 0 Å². The number of benzene rings is 1. The number of rotatable bonds is 2. The molecule has 0 aliphatic carbocycles. The summed E-state index contributed by atoms with van der Waals surface area (Å²) in [6.07, 6.45) is 0. The molecular weight excluding hydrogens is 152 g/mol. The summed E-state index contributed by atoms with van der Waals surface area (Å²) in [7, 11) is 1.62. The van der Waals surface area contributed by atoms with Crippen molar-refractivity contribution in [2.75, 3.05) is 12.8 Å². The summed E-state index contributed by atoms with van der Waals surface area (Å²) < 4.78 is 5.13. The monoisotopic (exact) mass is 166 g/mol. The fraction of sp³-hybridized carbons (Fsp3) is 0.333. The molecule has 0 saturated carbocycles. The van der Waals surface area contributed by atoms with Crippen molar-refractivity contribution in [1.82, 2.24) is 0 Å². The van der Waals surface area contributed by atoms with Crippen LogP contribution in [0.15, 0.2) is 18.2 Å². The zero-order valence-electron chi connectivity index (χ0n) is 7.37. The zero-order chi connectivity index (χ0) is 9.14. The highest BCUT2D eigenvalue weighted by Crippen LogP contribution is 2.25. The molecule has 0 heterocycles. The van der Waals surface area contributed by atoms with Gasteiger partial charge in [0, 0.05) is 17.3 Å². The van der Waals surface area contributed by atoms with E-state index < -0.39 is 0 Å². The molecule has 0 aromatic heterocycles. The summed E-state index contributed by atoms with van der Waals surface area (Å²) in [6, 6.07) is 5.41. The highest BCUT2D eigenvalue weighted by molar-refractivity contribution is 5.48. The maximum Gasteiger partial charge on any atom is 0.123 e. The van der Waals surface area contributed by atoms with Crippen molar-refractivity contribution < 1.29 is 4.74 Å². The van der Waals surface area contributed by atoms with E-state index in [4.69, 9.17) is 16.2 Å². The Labute approximate surface area is 72.3 Å². The van der Waals surface area contributed by atoms with Crippen LogP contribution < -0.4 is 16.2 Å². The highest BCUT2D eigenvalue weighted by Gasteiger charge is 2.06. The van der Waals surface area contributed by atoms with Crippen molar-refractivity contribution in [1.29, 1.82) is 0 Å². The van der Waals surface area contributed by atoms with Crippen LogP contribution in [-0.2, 0) is 0 Å². The number of hydrogen-bond acceptors (Lipinski definition) is 3. The van der Waals surface area contributed by atoms with Crippen LogP contribution in [-0.4, -0.2) is 7.11 Å². The molecule has 0 bridgehead atoms. The van der Waals surface area contributed by atoms with Crippen LogP contribution in [0.1, 0.15) is 18.5 Å². The minimum absolute atomic E-state index is 0.0524. The lowest BCUT2D eigenvalue weighted by Crippen LogP contribution is -2.07. The van der Waals surface area contributed by atoms with E-state index in [9.17, 15) is 0 Å². The number of nitrogens with two attached hydrogens (primary N) is 2. The Morgan fingerprint density at radius 2 is 2.08 bits per heavy atom. The Kier molecular flexibility index (Phi) is 2.55. The van der Waals surface area contributed by atoms with E-state index in [0.717, 1.165) is 11.3 Å². The molecule has 12 heavy (non-hydrogen) atoms. The van der Waals surface area contributed by atoms with Crippen molar-refractivity contribution >= 4 is 5.69 Å². The van der Waals surface area contributed by atoms with Gasteiger partial charge in [-0.2, -0.15) is 0 Å². The first-order chi connectivity index (χ1) is 5.65. The third kappa shape index (κ3) is 1.68. The van der Waals surface area contributed by atoms with Crippen LogP contribution in [0.4, 0.5) is 5.69 Å². The standard InChI is InChI=1S/C9H14N2O/c1-6(10)8-5-7(11)3-4-9(8)12-2/h3-6H,10-11H2,1-2H3. The maximum atomic E-state index is 5.72. The average Bonchev–Trinajstić information content (AvgIpc) is 2.04. The third-order valence-electron chi connectivity index (χ3n) is 1.74. The average molecular weight is 166 g/mol. The summed E-state index contributed by atoms with van der Waals surface area (Å²) in [6.45, 7) is 1.90. The summed E-state index contributed by atoms with van der Waals surface area (Å²) >= 11 is 0. The number of nitrogen functional groups attached to an aromatic ring is 1. The van der Waals surface area contributed by atoms with Gasteiger partial charge in [-0.05, 0) is 25.1 Å². The zero-order valence-corrected chi connectivity index (χ0v) is 7.37. The summed E-state index contributed by atoms with van der Waals surface area (Å²) in [5, 5.41) is 0. The van der Waals surface area contributed by atoms with Crippen molar-refractivity contribution in [3.05, 3.63) is 23.8 Å². The van der Waals surface area contributed by atoms with Crippen LogP contribution in [0.2, 0.25) is 0 Å². The second-order valence-corrected chi connectivity index (χ2v) is 2.79. The minimum Gasteiger partial charge on any atom is -0.496 e. The van der Waals surface area contributed by atoms with Gasteiger partial charge in [-0.15, -0.1) is 0 Å². The van der Waals surface area contributed by atoms with E-state index in [1.54, 1.807) is 13.2 Å². The lowest BCUT2D eigenvalue weighted by molar-refractivity contribution is 0.407. The van der Waals surface area contributed by atoms with Crippen molar-refractivity contribution in [2.24, 2.45) is 5.73 Å². The highest BCUT2D eigenvalue weighted by atomic mass is 16.5. The van der Waals surface area contributed by atoms with E-state index in [1.165, 1.54) is 0 Å². The van der Waals surface area contributed by atoms with Gasteiger partial charge in [0.25, 0.3) is 0 Å². The van der Waals surface area contributed by atoms with Crippen LogP contribution in [0.5, 0.6) is 5.75 Å². The summed E-state index contributed by atoms with van der Waals surface area (Å²) in [5.41, 5.74) is 13.0. The van der Waals surface area contributed by atoms with E-state index in [1.807, 2.05) is 19.1 Å². The second kappa shape index (κ2) is 3.45. The van der Waals surface area contributed by atoms with Gasteiger partial charge in [0.1, 0.15) is 5.75 Å². The van der Waals surface area contributed by atoms with Gasteiger partial charge in [0.15, 0.2) is 0 Å². The van der Waals surface area contributed by atoms with Crippen LogP contribution in [0.25, 0.3) is 0 Å². The molecule has 1 rings (SSSR count). The Morgan fingerprint density at radius 3 is 2.58 bits per heavy atom. The summed E-state index contributed by atoms with van der Waals surface area (Å²) in [4.78, 5) is 0. The largest absolute Gasteiger partial charge is 0.496 e. The molecule has 1 aromatic rings. The number of methoxy groups -OCH3 is 1. The minimum atomic E-state index is -0.0524. The molecule has 3 heteroatoms. The first-order valence-electron chi connectivity index (χ1n) is 3.84. The van der Waals surface area contributed by atoms with E-state index in [-0.39, 0.29) is 6.04 Å². The molecule has 0 saturated heterocycles. The quantitative estimate of drug-likeness (QED) is 0.651. The molecular formula is C9H14N2O. The molecule has 66 valence electrons. The van der Waals surface area contributed by atoms with Gasteiger partial charge >= 0.3 is 0 Å². The second-order valence-electron chi connectivity index (χ2n) is 2.79. The SMILES string of the molecule is COc1ccc(N)cc1C(C)N. The van der Waals surface area contributed by atoms with Gasteiger partial charge in [0.2, 0.25) is 0 Å². The molecule has 0 spiro atoms. The summed E-state index contributed by atoms with van der Waals surface area (Å²) in [5.74, 6) is 0.791. The first kappa shape index (κ1) is 8.87. The Hall–Kier alpha value is -1.22. The van der Waals surface area contributed by atoms with Crippen molar-refractivity contribution in [2.45, 2.75) is 13.0 Å². The normalized spacial score (nSPS) is 12.6. The lowest BCUT2D eigenvalue weighted by Gasteiger charge is -2.11. The molecule has 0 amide bonds. The molecule has 3 nitrogen and oxygen atoms in total. The van der Waals surface area contributed by atoms with E-state index >= 15 is 0 Å². The van der Waals surface area contributed by atoms with Crippen molar-refractivity contribution in [3.8, 4) is 5.75 Å². The predicted octanol–water partition coefficient (Wildman–Crippen LogP) is 1.30. The van der Waals surface area contributed by atoms with Gasteiger partial charge < -0.3 is 16.2 Å². The first-order valence-corrected chi connectivity index (χ1v) is 3.84. The molecule has 0 radical (unpaired) electrons. The van der Waals surface area contributed by atoms with Crippen LogP contribution in [0, 0.1) is 0 Å². The smallest absolute Gasteiger partial charge is 0.123 e. The topological polar surface area (TPSA) is 61.3 Å². The molecule has 1 aromatic carbocycles. The van der Waals surface area contributed by atoms with Crippen LogP contribution in [0.3, 0.4) is 0 Å². The molecule has 1 unspecified atom stereocenters. The lowest BCUT2D eigenvalue weighted by atomic mass is 10.1. The van der Waals surface area contributed by atoms with Gasteiger partial charge in [-0.3, -0.25) is 0 Å². The predicted molar refractivity (Wildman–Crippen MR) is 50.0 cm³/mol. The van der Waals surface area contributed by atoms with E-state index in [2.05, 4.69) is 0 Å². The molecule has 1 atom stereocenters. The van der Waals surface area contributed by atoms with Gasteiger partial charge in [-0.25, -0.2) is 0 Å². The number of hydrogen-bond donors (Lipinski definition) is 2. The van der Waals surface area contributed by atoms with Gasteiger partial charge in [-0.1, -0.05) is 0 Å². The Bertz CT molecular complexity index is 271. The Balaban J connectivity index is 3.12. The molecule has 0 aliphatic heterocycles. The molecule has 0 fully saturated rings. The molecule has 4 N–H and O–H groups in total. The number of ether oxygens (including phenoxy) is 1. The fourth-order valence-corrected chi connectivity index (χ4v) is 1.11. The van der Waals surface area contributed by atoms with E-state index in [0.29, 0.717) is 5.69 Å². The number of anilines is 1.